The van der Waals surface area contributed by atoms with Crippen molar-refractivity contribution in [1.29, 1.82) is 0 Å². The molecule has 0 N–H and O–H groups in total. The van der Waals surface area contributed by atoms with Crippen LogP contribution in [0.5, 0.6) is 0 Å². The smallest absolute Gasteiger partial charge is 0.164 e. The van der Waals surface area contributed by atoms with Crippen LogP contribution < -0.4 is 0 Å². The summed E-state index contributed by atoms with van der Waals surface area (Å²) in [6, 6.07) is 8.36. The topological polar surface area (TPSA) is 30.7 Å². The fraction of sp³-hybridized carbons (Fsp3) is 0.250. The van der Waals surface area contributed by atoms with Gasteiger partial charge in [-0.3, -0.25) is 4.57 Å². The van der Waals surface area contributed by atoms with E-state index in [1.54, 1.807) is 6.20 Å². The van der Waals surface area contributed by atoms with E-state index in [4.69, 9.17) is 11.6 Å². The summed E-state index contributed by atoms with van der Waals surface area (Å²) in [7, 11) is 0. The molecule has 0 aliphatic rings. The van der Waals surface area contributed by atoms with E-state index in [9.17, 15) is 0 Å². The Morgan fingerprint density at radius 2 is 1.81 bits per heavy atom. The van der Waals surface area contributed by atoms with Crippen LogP contribution in [0.25, 0.3) is 16.9 Å². The molecule has 0 saturated heterocycles. The van der Waals surface area contributed by atoms with Gasteiger partial charge in [0.05, 0.1) is 5.38 Å². The molecule has 108 valence electrons. The summed E-state index contributed by atoms with van der Waals surface area (Å²) in [5.74, 6) is 0.808. The molecule has 3 aromatic rings. The summed E-state index contributed by atoms with van der Waals surface area (Å²) in [6.07, 6.45) is 1.78. The maximum absolute atomic E-state index is 6.33. The Morgan fingerprint density at radius 3 is 2.43 bits per heavy atom. The molecule has 0 spiro atoms. The van der Waals surface area contributed by atoms with Crippen molar-refractivity contribution in [1.82, 2.24) is 14.5 Å². The molecule has 0 aliphatic heterocycles. The number of aromatic nitrogens is 3. The van der Waals surface area contributed by atoms with Crippen LogP contribution in [0.3, 0.4) is 0 Å². The van der Waals surface area contributed by atoms with Gasteiger partial charge < -0.3 is 0 Å². The number of benzene rings is 1. The van der Waals surface area contributed by atoms with E-state index in [-0.39, 0.29) is 5.38 Å². The fourth-order valence-electron chi connectivity index (χ4n) is 2.56. The third kappa shape index (κ3) is 2.70. The Kier molecular flexibility index (Phi) is 3.76. The van der Waals surface area contributed by atoms with Crippen LogP contribution in [0.15, 0.2) is 34.9 Å². The van der Waals surface area contributed by atoms with Crippen molar-refractivity contribution >= 4 is 38.7 Å². The largest absolute Gasteiger partial charge is 0.279 e. The molecule has 5 heteroatoms. The second-order valence-electron chi connectivity index (χ2n) is 5.26. The van der Waals surface area contributed by atoms with Crippen LogP contribution >= 0.6 is 27.5 Å². The number of alkyl halides is 1. The van der Waals surface area contributed by atoms with Crippen LogP contribution in [0.1, 0.15) is 29.3 Å². The summed E-state index contributed by atoms with van der Waals surface area (Å²) in [4.78, 5) is 9.16. The molecule has 1 unspecified atom stereocenters. The van der Waals surface area contributed by atoms with E-state index in [0.717, 1.165) is 27.1 Å². The monoisotopic (exact) mass is 363 g/mol. The quantitative estimate of drug-likeness (QED) is 0.592. The lowest BCUT2D eigenvalue weighted by atomic mass is 10.1. The molecule has 0 aliphatic carbocycles. The second-order valence-corrected chi connectivity index (χ2v) is 6.83. The number of rotatable bonds is 2. The Hall–Kier alpha value is -1.39. The number of aryl methyl sites for hydroxylation is 2. The molecule has 0 amide bonds. The predicted octanol–water partition coefficient (Wildman–Crippen LogP) is 5.10. The van der Waals surface area contributed by atoms with E-state index in [1.165, 1.54) is 11.1 Å². The normalized spacial score (nSPS) is 12.8. The first-order chi connectivity index (χ1) is 9.95. The van der Waals surface area contributed by atoms with Crippen molar-refractivity contribution in [2.45, 2.75) is 26.1 Å². The van der Waals surface area contributed by atoms with Crippen LogP contribution in [0, 0.1) is 13.8 Å². The molecular formula is C16H15BrClN3. The molecule has 3 nitrogen and oxygen atoms in total. The number of nitrogens with zero attached hydrogens (tertiary/aromatic N) is 3. The number of fused-ring (bicyclic) bond motifs is 1. The van der Waals surface area contributed by atoms with Gasteiger partial charge in [0.15, 0.2) is 5.65 Å². The van der Waals surface area contributed by atoms with Gasteiger partial charge in [-0.25, -0.2) is 9.97 Å². The summed E-state index contributed by atoms with van der Waals surface area (Å²) < 4.78 is 2.95. The molecule has 0 bridgehead atoms. The maximum Gasteiger partial charge on any atom is 0.164 e. The minimum absolute atomic E-state index is 0.196. The van der Waals surface area contributed by atoms with Gasteiger partial charge in [0.25, 0.3) is 0 Å². The lowest BCUT2D eigenvalue weighted by molar-refractivity contribution is 0.875. The van der Waals surface area contributed by atoms with E-state index in [0.29, 0.717) is 0 Å². The standard InChI is InChI=1S/C16H15BrClN3/c1-9-4-10(2)6-13(5-9)21-15(11(3)18)20-14-7-12(17)8-19-16(14)21/h4-8,11H,1-3H3. The predicted molar refractivity (Wildman–Crippen MR) is 90.3 cm³/mol. The highest BCUT2D eigenvalue weighted by molar-refractivity contribution is 9.10. The van der Waals surface area contributed by atoms with Crippen molar-refractivity contribution < 1.29 is 0 Å². The Balaban J connectivity index is 2.36. The van der Waals surface area contributed by atoms with E-state index in [1.807, 2.05) is 17.6 Å². The van der Waals surface area contributed by atoms with Crippen molar-refractivity contribution in [2.75, 3.05) is 0 Å². The molecule has 1 aromatic carbocycles. The first-order valence-corrected chi connectivity index (χ1v) is 7.95. The van der Waals surface area contributed by atoms with Crippen molar-refractivity contribution in [3.05, 3.63) is 51.9 Å². The first kappa shape index (κ1) is 14.5. The highest BCUT2D eigenvalue weighted by Crippen LogP contribution is 2.29. The summed E-state index contributed by atoms with van der Waals surface area (Å²) >= 11 is 9.76. The fourth-order valence-corrected chi connectivity index (χ4v) is 3.02. The van der Waals surface area contributed by atoms with Crippen molar-refractivity contribution in [3.8, 4) is 5.69 Å². The zero-order chi connectivity index (χ0) is 15.1. The first-order valence-electron chi connectivity index (χ1n) is 6.72. The van der Waals surface area contributed by atoms with E-state index < -0.39 is 0 Å². The highest BCUT2D eigenvalue weighted by atomic mass is 79.9. The van der Waals surface area contributed by atoms with Gasteiger partial charge in [0.1, 0.15) is 11.3 Å². The van der Waals surface area contributed by atoms with Gasteiger partial charge in [0.2, 0.25) is 0 Å². The molecule has 2 aromatic heterocycles. The van der Waals surface area contributed by atoms with Crippen LogP contribution in [-0.2, 0) is 0 Å². The molecule has 2 heterocycles. The van der Waals surface area contributed by atoms with Crippen LogP contribution in [0.4, 0.5) is 0 Å². The Bertz CT molecular complexity index is 803. The third-order valence-corrected chi connectivity index (χ3v) is 3.94. The minimum Gasteiger partial charge on any atom is -0.279 e. The van der Waals surface area contributed by atoms with Crippen LogP contribution in [0.2, 0.25) is 0 Å². The van der Waals surface area contributed by atoms with E-state index >= 15 is 0 Å². The number of imidazole rings is 1. The average molecular weight is 365 g/mol. The average Bonchev–Trinajstić information content (AvgIpc) is 2.76. The molecule has 0 radical (unpaired) electrons. The van der Waals surface area contributed by atoms with Gasteiger partial charge in [-0.05, 0) is 66.0 Å². The second kappa shape index (κ2) is 5.43. The van der Waals surface area contributed by atoms with Crippen molar-refractivity contribution in [2.24, 2.45) is 0 Å². The lowest BCUT2D eigenvalue weighted by Gasteiger charge is -2.11. The molecule has 0 fully saturated rings. The molecular weight excluding hydrogens is 350 g/mol. The van der Waals surface area contributed by atoms with E-state index in [2.05, 4.69) is 57.9 Å². The van der Waals surface area contributed by atoms with Crippen LogP contribution in [-0.4, -0.2) is 14.5 Å². The third-order valence-electron chi connectivity index (χ3n) is 3.31. The van der Waals surface area contributed by atoms with Gasteiger partial charge in [-0.2, -0.15) is 0 Å². The highest BCUT2D eigenvalue weighted by Gasteiger charge is 2.17. The minimum atomic E-state index is -0.196. The SMILES string of the molecule is Cc1cc(C)cc(-n2c(C(C)Cl)nc3cc(Br)cnc32)c1. The zero-order valence-electron chi connectivity index (χ0n) is 12.1. The zero-order valence-corrected chi connectivity index (χ0v) is 14.4. The molecule has 1 atom stereocenters. The number of hydrogen-bond acceptors (Lipinski definition) is 2. The Labute approximate surface area is 137 Å². The summed E-state index contributed by atoms with van der Waals surface area (Å²) in [6.45, 7) is 6.10. The Morgan fingerprint density at radius 1 is 1.14 bits per heavy atom. The van der Waals surface area contributed by atoms with Crippen molar-refractivity contribution in [3.63, 3.8) is 0 Å². The van der Waals surface area contributed by atoms with Gasteiger partial charge >= 0.3 is 0 Å². The molecule has 3 rings (SSSR count). The lowest BCUT2D eigenvalue weighted by Crippen LogP contribution is -2.03. The van der Waals surface area contributed by atoms with Gasteiger partial charge in [-0.1, -0.05) is 6.07 Å². The molecule has 21 heavy (non-hydrogen) atoms. The number of halogens is 2. The van der Waals surface area contributed by atoms with Gasteiger partial charge in [-0.15, -0.1) is 11.6 Å². The summed E-state index contributed by atoms with van der Waals surface area (Å²) in [5.41, 5.74) is 5.12. The maximum atomic E-state index is 6.33. The molecule has 0 saturated carbocycles. The number of pyridine rings is 1. The number of hydrogen-bond donors (Lipinski definition) is 0. The summed E-state index contributed by atoms with van der Waals surface area (Å²) in [5, 5.41) is -0.196. The van der Waals surface area contributed by atoms with Gasteiger partial charge in [0, 0.05) is 16.4 Å².